The first kappa shape index (κ1) is 14.5. The highest BCUT2D eigenvalue weighted by Gasteiger charge is 2.33. The Morgan fingerprint density at radius 2 is 1.95 bits per heavy atom. The lowest BCUT2D eigenvalue weighted by Gasteiger charge is -2.12. The van der Waals surface area contributed by atoms with Gasteiger partial charge in [0.05, 0.1) is 0 Å². The monoisotopic (exact) mass is 295 g/mol. The lowest BCUT2D eigenvalue weighted by Crippen LogP contribution is -2.09. The molecule has 0 unspecified atom stereocenters. The molecule has 108 valence electrons. The molecule has 2 aromatic rings. The Morgan fingerprint density at radius 1 is 1.24 bits per heavy atom. The maximum Gasteiger partial charge on any atom is 0.433 e. The predicted octanol–water partition coefficient (Wildman–Crippen LogP) is 3.05. The number of pyridine rings is 1. The zero-order chi connectivity index (χ0) is 15.6. The van der Waals surface area contributed by atoms with E-state index in [-0.39, 0.29) is 22.7 Å². The van der Waals surface area contributed by atoms with E-state index in [9.17, 15) is 18.3 Å². The summed E-state index contributed by atoms with van der Waals surface area (Å²) in [4.78, 5) is 3.27. The number of halogens is 3. The number of rotatable bonds is 2. The number of para-hydroxylation sites is 1. The van der Waals surface area contributed by atoms with Crippen LogP contribution in [0.5, 0.6) is 17.4 Å². The van der Waals surface area contributed by atoms with Crippen LogP contribution in [0.15, 0.2) is 30.3 Å². The fourth-order valence-electron chi connectivity index (χ4n) is 1.49. The molecule has 3 N–H and O–H groups in total. The van der Waals surface area contributed by atoms with Crippen molar-refractivity contribution in [3.8, 4) is 23.4 Å². The number of alkyl halides is 3. The zero-order valence-corrected chi connectivity index (χ0v) is 10.3. The van der Waals surface area contributed by atoms with E-state index in [0.29, 0.717) is 6.07 Å². The smallest absolute Gasteiger partial charge is 0.433 e. The number of aromatic nitrogens is 1. The molecule has 0 aliphatic heterocycles. The lowest BCUT2D eigenvalue weighted by molar-refractivity contribution is -0.141. The maximum atomic E-state index is 12.6. The number of nitrogens with two attached hydrogens (primary N) is 1. The number of nitrogens with zero attached hydrogens (tertiary/aromatic N) is 2. The first-order valence-corrected chi connectivity index (χ1v) is 5.56. The van der Waals surface area contributed by atoms with Gasteiger partial charge in [0.15, 0.2) is 5.75 Å². The molecular formula is C13H8F3N3O2. The minimum Gasteiger partial charge on any atom is -0.506 e. The average molecular weight is 295 g/mol. The van der Waals surface area contributed by atoms with Crippen LogP contribution in [0, 0.1) is 11.3 Å². The number of benzene rings is 1. The van der Waals surface area contributed by atoms with Gasteiger partial charge >= 0.3 is 6.18 Å². The van der Waals surface area contributed by atoms with Crippen LogP contribution in [0.1, 0.15) is 11.3 Å². The summed E-state index contributed by atoms with van der Waals surface area (Å²) in [5, 5.41) is 18.3. The predicted molar refractivity (Wildman–Crippen MR) is 66.5 cm³/mol. The fraction of sp³-hybridized carbons (Fsp3) is 0.0769. The maximum absolute atomic E-state index is 12.6. The third-order valence-electron chi connectivity index (χ3n) is 2.52. The van der Waals surface area contributed by atoms with E-state index >= 15 is 0 Å². The van der Waals surface area contributed by atoms with Gasteiger partial charge < -0.3 is 15.6 Å². The normalized spacial score (nSPS) is 11.0. The average Bonchev–Trinajstić information content (AvgIpc) is 2.43. The first-order valence-electron chi connectivity index (χ1n) is 5.56. The summed E-state index contributed by atoms with van der Waals surface area (Å²) in [5.41, 5.74) is 3.98. The van der Waals surface area contributed by atoms with E-state index in [1.54, 1.807) is 6.07 Å². The van der Waals surface area contributed by atoms with Crippen molar-refractivity contribution in [1.29, 1.82) is 5.26 Å². The van der Waals surface area contributed by atoms with E-state index in [2.05, 4.69) is 4.98 Å². The number of nitriles is 1. The number of hydrogen-bond acceptors (Lipinski definition) is 5. The van der Waals surface area contributed by atoms with Gasteiger partial charge in [-0.25, -0.2) is 4.98 Å². The number of hydrogen-bond donors (Lipinski definition) is 2. The van der Waals surface area contributed by atoms with Crippen molar-refractivity contribution in [1.82, 2.24) is 4.98 Å². The highest BCUT2D eigenvalue weighted by molar-refractivity contribution is 5.63. The molecule has 0 saturated carbocycles. The van der Waals surface area contributed by atoms with Gasteiger partial charge in [-0.15, -0.1) is 0 Å². The van der Waals surface area contributed by atoms with Crippen molar-refractivity contribution in [2.24, 2.45) is 0 Å². The molecule has 21 heavy (non-hydrogen) atoms. The Balaban J connectivity index is 2.48. The standard InChI is InChI=1S/C13H8F3N3O2/c14-13(15,16)10-5-4-7(6-17)12(19-10)21-9-3-1-2-8(20)11(9)18/h1-5,20H,18H2. The molecule has 0 fully saturated rings. The van der Waals surface area contributed by atoms with Crippen LogP contribution in [0.4, 0.5) is 18.9 Å². The van der Waals surface area contributed by atoms with Gasteiger partial charge in [-0.3, -0.25) is 0 Å². The molecule has 0 bridgehead atoms. The summed E-state index contributed by atoms with van der Waals surface area (Å²) < 4.78 is 43.0. The Labute approximate surface area is 117 Å². The first-order chi connectivity index (χ1) is 9.82. The summed E-state index contributed by atoms with van der Waals surface area (Å²) in [7, 11) is 0. The highest BCUT2D eigenvalue weighted by atomic mass is 19.4. The number of anilines is 1. The number of phenols is 1. The van der Waals surface area contributed by atoms with Crippen molar-refractivity contribution in [3.05, 3.63) is 41.6 Å². The largest absolute Gasteiger partial charge is 0.506 e. The SMILES string of the molecule is N#Cc1ccc(C(F)(F)F)nc1Oc1cccc(O)c1N. The van der Waals surface area contributed by atoms with E-state index < -0.39 is 17.8 Å². The Kier molecular flexibility index (Phi) is 3.58. The second kappa shape index (κ2) is 5.20. The van der Waals surface area contributed by atoms with Gasteiger partial charge in [-0.1, -0.05) is 6.07 Å². The molecule has 1 heterocycles. The molecule has 1 aromatic heterocycles. The molecule has 1 aromatic carbocycles. The number of ether oxygens (including phenoxy) is 1. The van der Waals surface area contributed by atoms with Crippen molar-refractivity contribution in [2.75, 3.05) is 5.73 Å². The summed E-state index contributed by atoms with van der Waals surface area (Å²) in [6.07, 6.45) is -4.67. The fourth-order valence-corrected chi connectivity index (χ4v) is 1.49. The molecule has 0 amide bonds. The molecule has 2 rings (SSSR count). The number of nitrogen functional groups attached to an aromatic ring is 1. The Bertz CT molecular complexity index is 724. The van der Waals surface area contributed by atoms with Gasteiger partial charge in [-0.05, 0) is 24.3 Å². The molecule has 0 atom stereocenters. The topological polar surface area (TPSA) is 92.2 Å². The third kappa shape index (κ3) is 2.97. The number of aromatic hydroxyl groups is 1. The van der Waals surface area contributed by atoms with Crippen LogP contribution >= 0.6 is 0 Å². The van der Waals surface area contributed by atoms with Crippen molar-refractivity contribution >= 4 is 5.69 Å². The van der Waals surface area contributed by atoms with E-state index in [4.69, 9.17) is 15.7 Å². The third-order valence-corrected chi connectivity index (χ3v) is 2.52. The Hall–Kier alpha value is -2.95. The van der Waals surface area contributed by atoms with E-state index in [1.165, 1.54) is 18.2 Å². The summed E-state index contributed by atoms with van der Waals surface area (Å²) >= 11 is 0. The minimum atomic E-state index is -4.67. The quantitative estimate of drug-likeness (QED) is 0.656. The van der Waals surface area contributed by atoms with Crippen molar-refractivity contribution in [3.63, 3.8) is 0 Å². The van der Waals surface area contributed by atoms with Gasteiger partial charge in [0.2, 0.25) is 5.88 Å². The molecule has 5 nitrogen and oxygen atoms in total. The molecule has 0 spiro atoms. The van der Waals surface area contributed by atoms with Crippen LogP contribution < -0.4 is 10.5 Å². The van der Waals surface area contributed by atoms with Crippen LogP contribution in [0.25, 0.3) is 0 Å². The van der Waals surface area contributed by atoms with Gasteiger partial charge in [0.1, 0.15) is 28.8 Å². The molecule has 0 aliphatic rings. The minimum absolute atomic E-state index is 0.0988. The van der Waals surface area contributed by atoms with E-state index in [1.807, 2.05) is 0 Å². The van der Waals surface area contributed by atoms with Crippen molar-refractivity contribution < 1.29 is 23.0 Å². The van der Waals surface area contributed by atoms with Crippen LogP contribution in [-0.4, -0.2) is 10.1 Å². The van der Waals surface area contributed by atoms with Gasteiger partial charge in [0, 0.05) is 0 Å². The van der Waals surface area contributed by atoms with Crippen LogP contribution in [-0.2, 0) is 6.18 Å². The second-order valence-electron chi connectivity index (χ2n) is 3.95. The summed E-state index contributed by atoms with van der Waals surface area (Å²) in [6, 6.07) is 7.30. The zero-order valence-electron chi connectivity index (χ0n) is 10.3. The number of phenolic OH excluding ortho intramolecular Hbond substituents is 1. The molecule has 0 aliphatic carbocycles. The molecule has 0 saturated heterocycles. The molecule has 0 radical (unpaired) electrons. The summed E-state index contributed by atoms with van der Waals surface area (Å²) in [6.45, 7) is 0. The van der Waals surface area contributed by atoms with Crippen LogP contribution in [0.3, 0.4) is 0 Å². The van der Waals surface area contributed by atoms with Gasteiger partial charge in [0.25, 0.3) is 0 Å². The highest BCUT2D eigenvalue weighted by Crippen LogP contribution is 2.35. The summed E-state index contributed by atoms with van der Waals surface area (Å²) in [5.74, 6) is -0.930. The lowest BCUT2D eigenvalue weighted by atomic mass is 10.2. The van der Waals surface area contributed by atoms with Gasteiger partial charge in [-0.2, -0.15) is 18.4 Å². The molecular weight excluding hydrogens is 287 g/mol. The van der Waals surface area contributed by atoms with E-state index in [0.717, 1.165) is 6.07 Å². The Morgan fingerprint density at radius 3 is 2.57 bits per heavy atom. The molecule has 8 heteroatoms. The van der Waals surface area contributed by atoms with Crippen molar-refractivity contribution in [2.45, 2.75) is 6.18 Å². The van der Waals surface area contributed by atoms with Crippen LogP contribution in [0.2, 0.25) is 0 Å². The second-order valence-corrected chi connectivity index (χ2v) is 3.95.